The molecule has 1 amide bonds. The van der Waals surface area contributed by atoms with E-state index in [1.165, 1.54) is 0 Å². The molecule has 1 atom stereocenters. The number of nitriles is 1. The molecule has 0 radical (unpaired) electrons. The molecule has 0 saturated carbocycles. The van der Waals surface area contributed by atoms with E-state index in [1.54, 1.807) is 18.7 Å². The third-order valence-electron chi connectivity index (χ3n) is 1.66. The first-order valence-corrected chi connectivity index (χ1v) is 5.78. The van der Waals surface area contributed by atoms with Crippen LogP contribution >= 0.6 is 11.8 Å². The topological polar surface area (TPSA) is 52.9 Å². The minimum Gasteiger partial charge on any atom is -0.355 e. The molecule has 0 aliphatic carbocycles. The van der Waals surface area contributed by atoms with Crippen molar-refractivity contribution in [2.24, 2.45) is 5.92 Å². The third kappa shape index (κ3) is 6.47. The molecule has 0 bridgehead atoms. The van der Waals surface area contributed by atoms with Gasteiger partial charge in [-0.15, -0.1) is 0 Å². The van der Waals surface area contributed by atoms with Crippen molar-refractivity contribution >= 4 is 17.7 Å². The van der Waals surface area contributed by atoms with E-state index in [2.05, 4.69) is 11.6 Å². The second kappa shape index (κ2) is 7.93. The summed E-state index contributed by atoms with van der Waals surface area (Å²) in [6.45, 7) is 2.29. The highest BCUT2D eigenvalue weighted by Crippen LogP contribution is 1.98. The number of nitrogens with one attached hydrogen (secondary N) is 1. The Kier molecular flexibility index (Phi) is 7.51. The van der Waals surface area contributed by atoms with Crippen LogP contribution in [0.25, 0.3) is 0 Å². The Morgan fingerprint density at radius 2 is 2.31 bits per heavy atom. The van der Waals surface area contributed by atoms with Gasteiger partial charge in [0, 0.05) is 6.54 Å². The lowest BCUT2D eigenvalue weighted by molar-refractivity contribution is -0.122. The number of amides is 1. The maximum Gasteiger partial charge on any atom is 0.237 e. The molecular weight excluding hydrogens is 184 g/mol. The van der Waals surface area contributed by atoms with Gasteiger partial charge in [0.2, 0.25) is 5.91 Å². The highest BCUT2D eigenvalue weighted by Gasteiger charge is 2.09. The summed E-state index contributed by atoms with van der Waals surface area (Å²) < 4.78 is 0. The van der Waals surface area contributed by atoms with Crippen LogP contribution in [-0.4, -0.2) is 24.5 Å². The molecule has 74 valence electrons. The zero-order valence-corrected chi connectivity index (χ0v) is 8.99. The van der Waals surface area contributed by atoms with Crippen molar-refractivity contribution in [2.75, 3.05) is 18.6 Å². The number of hydrogen-bond acceptors (Lipinski definition) is 3. The van der Waals surface area contributed by atoms with E-state index >= 15 is 0 Å². The van der Waals surface area contributed by atoms with Gasteiger partial charge in [-0.2, -0.15) is 17.0 Å². The van der Waals surface area contributed by atoms with E-state index in [9.17, 15) is 4.79 Å². The zero-order valence-electron chi connectivity index (χ0n) is 8.17. The van der Waals surface area contributed by atoms with E-state index in [4.69, 9.17) is 5.26 Å². The second-order valence-electron chi connectivity index (χ2n) is 2.84. The number of nitrogens with zero attached hydrogens (tertiary/aromatic N) is 1. The maximum atomic E-state index is 11.1. The van der Waals surface area contributed by atoms with Gasteiger partial charge in [0.05, 0.1) is 6.07 Å². The normalized spacial score (nSPS) is 11.8. The predicted octanol–water partition coefficient (Wildman–Crippen LogP) is 1.41. The molecular formula is C9H16N2OS. The lowest BCUT2D eigenvalue weighted by atomic mass is 10.2. The lowest BCUT2D eigenvalue weighted by Crippen LogP contribution is -2.29. The molecule has 0 rings (SSSR count). The molecule has 3 nitrogen and oxygen atoms in total. The molecule has 0 saturated heterocycles. The number of rotatable bonds is 6. The second-order valence-corrected chi connectivity index (χ2v) is 3.83. The highest BCUT2D eigenvalue weighted by atomic mass is 32.2. The molecule has 4 heteroatoms. The largest absolute Gasteiger partial charge is 0.355 e. The van der Waals surface area contributed by atoms with E-state index < -0.39 is 5.92 Å². The predicted molar refractivity (Wildman–Crippen MR) is 55.4 cm³/mol. The van der Waals surface area contributed by atoms with Crippen molar-refractivity contribution < 1.29 is 4.79 Å². The molecule has 0 fully saturated rings. The van der Waals surface area contributed by atoms with Crippen molar-refractivity contribution in [1.82, 2.24) is 5.32 Å². The fourth-order valence-electron chi connectivity index (χ4n) is 0.795. The van der Waals surface area contributed by atoms with Crippen LogP contribution in [-0.2, 0) is 4.79 Å². The average molecular weight is 200 g/mol. The Morgan fingerprint density at radius 3 is 2.85 bits per heavy atom. The summed E-state index contributed by atoms with van der Waals surface area (Å²) in [6, 6.07) is 1.90. The zero-order chi connectivity index (χ0) is 10.1. The Balaban J connectivity index is 3.33. The summed E-state index contributed by atoms with van der Waals surface area (Å²) in [5, 5.41) is 11.2. The van der Waals surface area contributed by atoms with Crippen molar-refractivity contribution in [3.05, 3.63) is 0 Å². The summed E-state index contributed by atoms with van der Waals surface area (Å²) in [7, 11) is 0. The molecule has 13 heavy (non-hydrogen) atoms. The first-order chi connectivity index (χ1) is 6.22. The Morgan fingerprint density at radius 1 is 1.62 bits per heavy atom. The fraction of sp³-hybridized carbons (Fsp3) is 0.778. The quantitative estimate of drug-likeness (QED) is 0.659. The summed E-state index contributed by atoms with van der Waals surface area (Å²) >= 11 is 1.81. The Labute approximate surface area is 83.9 Å². The first kappa shape index (κ1) is 12.3. The van der Waals surface area contributed by atoms with Crippen LogP contribution in [0.15, 0.2) is 0 Å². The molecule has 0 heterocycles. The van der Waals surface area contributed by atoms with Crippen LogP contribution in [0.5, 0.6) is 0 Å². The van der Waals surface area contributed by atoms with Gasteiger partial charge < -0.3 is 5.32 Å². The van der Waals surface area contributed by atoms with Gasteiger partial charge in [-0.05, 0) is 31.8 Å². The number of carbonyl (C=O) groups is 1. The van der Waals surface area contributed by atoms with E-state index in [1.807, 2.05) is 6.07 Å². The van der Waals surface area contributed by atoms with E-state index in [0.717, 1.165) is 18.6 Å². The van der Waals surface area contributed by atoms with Gasteiger partial charge in [-0.3, -0.25) is 4.79 Å². The minimum absolute atomic E-state index is 0.161. The van der Waals surface area contributed by atoms with Crippen LogP contribution in [0.3, 0.4) is 0 Å². The van der Waals surface area contributed by atoms with Gasteiger partial charge in [0.1, 0.15) is 5.92 Å². The van der Waals surface area contributed by atoms with Crippen molar-refractivity contribution in [2.45, 2.75) is 19.8 Å². The summed E-state index contributed by atoms with van der Waals surface area (Å²) in [6.07, 6.45) is 4.17. The summed E-state index contributed by atoms with van der Waals surface area (Å²) in [5.41, 5.74) is 0. The molecule has 1 unspecified atom stereocenters. The summed E-state index contributed by atoms with van der Waals surface area (Å²) in [4.78, 5) is 11.1. The van der Waals surface area contributed by atoms with Crippen LogP contribution < -0.4 is 5.32 Å². The van der Waals surface area contributed by atoms with E-state index in [-0.39, 0.29) is 5.91 Å². The molecule has 0 aliphatic rings. The van der Waals surface area contributed by atoms with Gasteiger partial charge >= 0.3 is 0 Å². The average Bonchev–Trinajstić information content (AvgIpc) is 2.16. The molecule has 0 aromatic rings. The number of carbonyl (C=O) groups excluding carboxylic acids is 1. The fourth-order valence-corrected chi connectivity index (χ4v) is 1.29. The SMILES string of the molecule is CSCCCCNC(=O)C(C)C#N. The van der Waals surface area contributed by atoms with Crippen molar-refractivity contribution in [3.63, 3.8) is 0 Å². The lowest BCUT2D eigenvalue weighted by Gasteiger charge is -2.04. The monoisotopic (exact) mass is 200 g/mol. The Bertz CT molecular complexity index is 189. The number of unbranched alkanes of at least 4 members (excludes halogenated alkanes) is 1. The van der Waals surface area contributed by atoms with Gasteiger partial charge in [0.25, 0.3) is 0 Å². The third-order valence-corrected chi connectivity index (χ3v) is 2.36. The smallest absolute Gasteiger partial charge is 0.237 e. The Hall–Kier alpha value is -0.690. The standard InChI is InChI=1S/C9H16N2OS/c1-8(7-10)9(12)11-5-3-4-6-13-2/h8H,3-6H2,1-2H3,(H,11,12). The minimum atomic E-state index is -0.527. The van der Waals surface area contributed by atoms with Crippen LogP contribution in [0.4, 0.5) is 0 Å². The molecule has 0 aromatic carbocycles. The molecule has 0 spiro atoms. The molecule has 0 aromatic heterocycles. The highest BCUT2D eigenvalue weighted by molar-refractivity contribution is 7.98. The van der Waals surface area contributed by atoms with Crippen LogP contribution in [0, 0.1) is 17.2 Å². The van der Waals surface area contributed by atoms with Crippen molar-refractivity contribution in [1.29, 1.82) is 5.26 Å². The van der Waals surface area contributed by atoms with Gasteiger partial charge in [0.15, 0.2) is 0 Å². The van der Waals surface area contributed by atoms with E-state index in [0.29, 0.717) is 6.54 Å². The van der Waals surface area contributed by atoms with Crippen molar-refractivity contribution in [3.8, 4) is 6.07 Å². The number of hydrogen-bond donors (Lipinski definition) is 1. The van der Waals surface area contributed by atoms with Crippen LogP contribution in [0.1, 0.15) is 19.8 Å². The maximum absolute atomic E-state index is 11.1. The first-order valence-electron chi connectivity index (χ1n) is 4.38. The molecule has 0 aliphatic heterocycles. The van der Waals surface area contributed by atoms with Crippen LogP contribution in [0.2, 0.25) is 0 Å². The number of thioether (sulfide) groups is 1. The summed E-state index contributed by atoms with van der Waals surface area (Å²) in [5.74, 6) is 0.441. The van der Waals surface area contributed by atoms with Gasteiger partial charge in [-0.1, -0.05) is 0 Å². The van der Waals surface area contributed by atoms with Gasteiger partial charge in [-0.25, -0.2) is 0 Å². The molecule has 1 N–H and O–H groups in total.